The number of nitrogens with zero attached hydrogens (tertiary/aromatic N) is 2. The lowest BCUT2D eigenvalue weighted by atomic mass is 10.1. The molecule has 1 fully saturated rings. The summed E-state index contributed by atoms with van der Waals surface area (Å²) in [5.41, 5.74) is 1.49. The van der Waals surface area contributed by atoms with Gasteiger partial charge in [0.25, 0.3) is 0 Å². The van der Waals surface area contributed by atoms with E-state index in [0.29, 0.717) is 16.5 Å². The van der Waals surface area contributed by atoms with Crippen molar-refractivity contribution in [2.45, 2.75) is 19.8 Å². The van der Waals surface area contributed by atoms with Crippen LogP contribution < -0.4 is 5.32 Å². The molecule has 0 aliphatic carbocycles. The van der Waals surface area contributed by atoms with Crippen molar-refractivity contribution in [3.05, 3.63) is 28.8 Å². The Morgan fingerprint density at radius 3 is 2.84 bits per heavy atom. The molecular formula is C15H20ClN3. The van der Waals surface area contributed by atoms with Gasteiger partial charge in [-0.3, -0.25) is 0 Å². The largest absolute Gasteiger partial charge is 0.384 e. The van der Waals surface area contributed by atoms with E-state index in [0.717, 1.165) is 18.8 Å². The van der Waals surface area contributed by atoms with Crippen LogP contribution in [0.4, 0.5) is 5.69 Å². The zero-order chi connectivity index (χ0) is 13.7. The maximum absolute atomic E-state index is 9.06. The second-order valence-corrected chi connectivity index (χ2v) is 5.73. The van der Waals surface area contributed by atoms with Crippen molar-refractivity contribution >= 4 is 17.3 Å². The van der Waals surface area contributed by atoms with E-state index in [-0.39, 0.29) is 0 Å². The monoisotopic (exact) mass is 277 g/mol. The number of hydrogen-bond acceptors (Lipinski definition) is 3. The van der Waals surface area contributed by atoms with Gasteiger partial charge in [-0.25, -0.2) is 0 Å². The molecule has 1 N–H and O–H groups in total. The zero-order valence-electron chi connectivity index (χ0n) is 11.3. The van der Waals surface area contributed by atoms with E-state index in [4.69, 9.17) is 16.9 Å². The third kappa shape index (κ3) is 4.12. The Balaban J connectivity index is 1.87. The summed E-state index contributed by atoms with van der Waals surface area (Å²) in [6, 6.07) is 7.52. The maximum atomic E-state index is 9.06. The van der Waals surface area contributed by atoms with E-state index in [1.54, 1.807) is 12.1 Å². The van der Waals surface area contributed by atoms with Crippen LogP contribution in [0.3, 0.4) is 0 Å². The normalized spacial score (nSPS) is 17.1. The number of nitriles is 1. The van der Waals surface area contributed by atoms with E-state index >= 15 is 0 Å². The molecule has 1 aromatic carbocycles. The zero-order valence-corrected chi connectivity index (χ0v) is 12.1. The number of rotatable bonds is 5. The predicted molar refractivity (Wildman–Crippen MR) is 79.5 cm³/mol. The molecule has 1 saturated heterocycles. The van der Waals surface area contributed by atoms with Gasteiger partial charge in [0, 0.05) is 18.1 Å². The molecule has 1 unspecified atom stereocenters. The summed E-state index contributed by atoms with van der Waals surface area (Å²) in [7, 11) is 0. The number of hydrogen-bond donors (Lipinski definition) is 1. The Morgan fingerprint density at radius 1 is 1.42 bits per heavy atom. The molecule has 0 aromatic heterocycles. The Labute approximate surface area is 120 Å². The van der Waals surface area contributed by atoms with Crippen LogP contribution in [0.25, 0.3) is 0 Å². The quantitative estimate of drug-likeness (QED) is 0.897. The van der Waals surface area contributed by atoms with Gasteiger partial charge in [0.1, 0.15) is 6.07 Å². The van der Waals surface area contributed by atoms with Crippen molar-refractivity contribution in [1.82, 2.24) is 4.90 Å². The number of anilines is 1. The van der Waals surface area contributed by atoms with Gasteiger partial charge in [-0.15, -0.1) is 0 Å². The Hall–Kier alpha value is -1.24. The average molecular weight is 278 g/mol. The molecule has 0 bridgehead atoms. The molecule has 102 valence electrons. The molecule has 1 atom stereocenters. The van der Waals surface area contributed by atoms with E-state index < -0.39 is 0 Å². The number of halogens is 1. The van der Waals surface area contributed by atoms with Crippen LogP contribution in [0, 0.1) is 17.2 Å². The fraction of sp³-hybridized carbons (Fsp3) is 0.533. The molecule has 3 nitrogen and oxygen atoms in total. The van der Waals surface area contributed by atoms with Crippen LogP contribution in [-0.2, 0) is 0 Å². The van der Waals surface area contributed by atoms with Crippen molar-refractivity contribution in [3.8, 4) is 6.07 Å². The van der Waals surface area contributed by atoms with Crippen LogP contribution in [0.1, 0.15) is 25.3 Å². The van der Waals surface area contributed by atoms with Crippen LogP contribution in [0.15, 0.2) is 18.2 Å². The summed E-state index contributed by atoms with van der Waals surface area (Å²) in [6.07, 6.45) is 2.65. The van der Waals surface area contributed by atoms with Crippen LogP contribution >= 0.6 is 11.6 Å². The highest BCUT2D eigenvalue weighted by Crippen LogP contribution is 2.21. The van der Waals surface area contributed by atoms with Gasteiger partial charge in [0.2, 0.25) is 0 Å². The van der Waals surface area contributed by atoms with Crippen molar-refractivity contribution < 1.29 is 0 Å². The van der Waals surface area contributed by atoms with Crippen molar-refractivity contribution in [2.24, 2.45) is 5.92 Å². The number of likely N-dealkylation sites (tertiary alicyclic amines) is 1. The third-order valence-electron chi connectivity index (χ3n) is 3.51. The predicted octanol–water partition coefficient (Wildman–Crippen LogP) is 3.36. The average Bonchev–Trinajstić information content (AvgIpc) is 2.89. The first-order valence-corrected chi connectivity index (χ1v) is 7.22. The maximum Gasteiger partial charge on any atom is 0.101 e. The van der Waals surface area contributed by atoms with Gasteiger partial charge < -0.3 is 10.2 Å². The molecule has 1 aliphatic heterocycles. The first-order valence-electron chi connectivity index (χ1n) is 6.85. The summed E-state index contributed by atoms with van der Waals surface area (Å²) in [5, 5.41) is 13.1. The molecule has 0 spiro atoms. The molecule has 1 heterocycles. The SMILES string of the molecule is CC(CNc1cc(Cl)ccc1C#N)CN1CCCC1. The number of nitrogens with one attached hydrogen (secondary N) is 1. The highest BCUT2D eigenvalue weighted by molar-refractivity contribution is 6.30. The lowest BCUT2D eigenvalue weighted by Crippen LogP contribution is -2.28. The first-order chi connectivity index (χ1) is 9.19. The minimum Gasteiger partial charge on any atom is -0.384 e. The molecule has 0 radical (unpaired) electrons. The molecule has 2 rings (SSSR count). The molecular weight excluding hydrogens is 258 g/mol. The summed E-state index contributed by atoms with van der Waals surface area (Å²) in [6.45, 7) is 6.68. The Kier molecular flexibility index (Phi) is 5.07. The summed E-state index contributed by atoms with van der Waals surface area (Å²) >= 11 is 5.97. The molecule has 1 aliphatic rings. The van der Waals surface area contributed by atoms with Gasteiger partial charge >= 0.3 is 0 Å². The summed E-state index contributed by atoms with van der Waals surface area (Å²) < 4.78 is 0. The van der Waals surface area contributed by atoms with Gasteiger partial charge in [-0.2, -0.15) is 5.26 Å². The lowest BCUT2D eigenvalue weighted by molar-refractivity contribution is 0.294. The highest BCUT2D eigenvalue weighted by atomic mass is 35.5. The van der Waals surface area contributed by atoms with E-state index in [9.17, 15) is 0 Å². The van der Waals surface area contributed by atoms with Crippen LogP contribution in [0.2, 0.25) is 5.02 Å². The second kappa shape index (κ2) is 6.79. The third-order valence-corrected chi connectivity index (χ3v) is 3.75. The summed E-state index contributed by atoms with van der Waals surface area (Å²) in [5.74, 6) is 0.559. The minimum absolute atomic E-state index is 0.559. The molecule has 1 aromatic rings. The fourth-order valence-corrected chi connectivity index (χ4v) is 2.69. The van der Waals surface area contributed by atoms with Gasteiger partial charge in [0.05, 0.1) is 11.3 Å². The first kappa shape index (κ1) is 14.2. The number of benzene rings is 1. The van der Waals surface area contributed by atoms with Crippen molar-refractivity contribution in [3.63, 3.8) is 0 Å². The van der Waals surface area contributed by atoms with Crippen LogP contribution in [0.5, 0.6) is 0 Å². The lowest BCUT2D eigenvalue weighted by Gasteiger charge is -2.21. The smallest absolute Gasteiger partial charge is 0.101 e. The molecule has 0 saturated carbocycles. The second-order valence-electron chi connectivity index (χ2n) is 5.30. The van der Waals surface area contributed by atoms with E-state index in [1.807, 2.05) is 6.07 Å². The molecule has 0 amide bonds. The van der Waals surface area contributed by atoms with E-state index in [2.05, 4.69) is 23.2 Å². The van der Waals surface area contributed by atoms with E-state index in [1.165, 1.54) is 25.9 Å². The van der Waals surface area contributed by atoms with Crippen molar-refractivity contribution in [2.75, 3.05) is 31.5 Å². The topological polar surface area (TPSA) is 39.1 Å². The van der Waals surface area contributed by atoms with Gasteiger partial charge in [0.15, 0.2) is 0 Å². The van der Waals surface area contributed by atoms with Crippen LogP contribution in [-0.4, -0.2) is 31.1 Å². The Morgan fingerprint density at radius 2 is 2.16 bits per heavy atom. The minimum atomic E-state index is 0.559. The molecule has 4 heteroatoms. The van der Waals surface area contributed by atoms with Crippen molar-refractivity contribution in [1.29, 1.82) is 5.26 Å². The van der Waals surface area contributed by atoms with Gasteiger partial charge in [-0.1, -0.05) is 18.5 Å². The van der Waals surface area contributed by atoms with Gasteiger partial charge in [-0.05, 0) is 50.0 Å². The standard InChI is InChI=1S/C15H20ClN3/c1-12(11-19-6-2-3-7-19)10-18-15-8-14(16)5-4-13(15)9-17/h4-5,8,12,18H,2-3,6-7,10-11H2,1H3. The summed E-state index contributed by atoms with van der Waals surface area (Å²) in [4.78, 5) is 2.51. The molecule has 19 heavy (non-hydrogen) atoms. The fourth-order valence-electron chi connectivity index (χ4n) is 2.51. The Bertz CT molecular complexity index is 461. The highest BCUT2D eigenvalue weighted by Gasteiger charge is 2.14.